The first-order valence-corrected chi connectivity index (χ1v) is 12.8. The van der Waals surface area contributed by atoms with E-state index in [2.05, 4.69) is 5.32 Å². The van der Waals surface area contributed by atoms with Gasteiger partial charge in [0.25, 0.3) is 5.91 Å². The highest BCUT2D eigenvalue weighted by atomic mass is 16.6. The molecule has 0 aromatic heterocycles. The van der Waals surface area contributed by atoms with E-state index in [0.717, 1.165) is 0 Å². The summed E-state index contributed by atoms with van der Waals surface area (Å²) in [7, 11) is 7.79. The minimum absolute atomic E-state index is 0.211. The third-order valence-corrected chi connectivity index (χ3v) is 7.28. The Morgan fingerprint density at radius 1 is 0.900 bits per heavy atom. The summed E-state index contributed by atoms with van der Waals surface area (Å²) in [5.74, 6) is 1.83. The smallest absolute Gasteiger partial charge is 0.254 e. The molecule has 0 radical (unpaired) electrons. The van der Waals surface area contributed by atoms with E-state index in [1.807, 2.05) is 30.3 Å². The summed E-state index contributed by atoms with van der Waals surface area (Å²) >= 11 is 0. The van der Waals surface area contributed by atoms with Crippen molar-refractivity contribution < 1.29 is 38.0 Å². The van der Waals surface area contributed by atoms with Crippen LogP contribution in [0.2, 0.25) is 0 Å². The summed E-state index contributed by atoms with van der Waals surface area (Å²) in [6.45, 7) is 0.504. The Kier molecular flexibility index (Phi) is 7.59. The topological polar surface area (TPSA) is 105 Å². The standard InChI is InChI=1S/C30H32N2O8/c1-32-28(17-10-11-21(35-2)24(12-17)36-3)27(19-13-25(37-4)26(38-5)14-20(19)30(32)34)29(33)31-15-18-16-39-22-8-6-7-9-23(22)40-18/h6-14,18,27-28H,15-16H2,1-5H3,(H,31,33)/t18-,27+,28-/m1/s1. The molecular formula is C30H32N2O8. The number of carbonyl (C=O) groups excluding carboxylic acids is 2. The lowest BCUT2D eigenvalue weighted by Gasteiger charge is -2.40. The Balaban J connectivity index is 1.52. The molecule has 210 valence electrons. The maximum Gasteiger partial charge on any atom is 0.254 e. The number of likely N-dealkylation sites (N-methyl/N-ethyl adjacent to an activating group) is 1. The van der Waals surface area contributed by atoms with E-state index >= 15 is 0 Å². The number of carbonyl (C=O) groups is 2. The van der Waals surface area contributed by atoms with E-state index in [9.17, 15) is 9.59 Å². The van der Waals surface area contributed by atoms with Crippen molar-refractivity contribution in [3.05, 3.63) is 71.3 Å². The van der Waals surface area contributed by atoms with E-state index in [4.69, 9.17) is 28.4 Å². The molecule has 0 spiro atoms. The van der Waals surface area contributed by atoms with Gasteiger partial charge in [0.05, 0.1) is 46.9 Å². The minimum atomic E-state index is -0.785. The molecule has 10 heteroatoms. The van der Waals surface area contributed by atoms with Gasteiger partial charge in [-0.25, -0.2) is 0 Å². The average Bonchev–Trinajstić information content (AvgIpc) is 3.00. The Morgan fingerprint density at radius 3 is 2.25 bits per heavy atom. The SMILES string of the molecule is COc1ccc([C@@H]2[C@@H](C(=O)NC[C@@H]3COc4ccccc4O3)c3cc(OC)c(OC)cc3C(=O)N2C)cc1OC. The molecular weight excluding hydrogens is 516 g/mol. The maximum atomic E-state index is 14.0. The third kappa shape index (κ3) is 4.81. The van der Waals surface area contributed by atoms with E-state index in [-0.39, 0.29) is 24.5 Å². The summed E-state index contributed by atoms with van der Waals surface area (Å²) < 4.78 is 33.8. The Bertz CT molecular complexity index is 1420. The summed E-state index contributed by atoms with van der Waals surface area (Å²) in [5, 5.41) is 3.04. The van der Waals surface area contributed by atoms with Gasteiger partial charge in [-0.2, -0.15) is 0 Å². The number of amides is 2. The Morgan fingerprint density at radius 2 is 1.55 bits per heavy atom. The molecule has 0 saturated heterocycles. The molecule has 40 heavy (non-hydrogen) atoms. The number of benzene rings is 3. The van der Waals surface area contributed by atoms with Crippen LogP contribution in [0.25, 0.3) is 0 Å². The van der Waals surface area contributed by atoms with Crippen LogP contribution in [0.1, 0.15) is 33.4 Å². The third-order valence-electron chi connectivity index (χ3n) is 7.28. The zero-order chi connectivity index (χ0) is 28.4. The molecule has 0 saturated carbocycles. The van der Waals surface area contributed by atoms with Gasteiger partial charge in [0.1, 0.15) is 12.7 Å². The van der Waals surface area contributed by atoms with Gasteiger partial charge in [-0.05, 0) is 47.5 Å². The van der Waals surface area contributed by atoms with Crippen molar-refractivity contribution in [1.82, 2.24) is 10.2 Å². The quantitative estimate of drug-likeness (QED) is 0.456. The monoisotopic (exact) mass is 548 g/mol. The minimum Gasteiger partial charge on any atom is -0.493 e. The first-order chi connectivity index (χ1) is 19.4. The van der Waals surface area contributed by atoms with Crippen LogP contribution in [0.3, 0.4) is 0 Å². The summed E-state index contributed by atoms with van der Waals surface area (Å²) in [5.41, 5.74) is 1.60. The molecule has 0 fully saturated rings. The number of fused-ring (bicyclic) bond motifs is 2. The van der Waals surface area contributed by atoms with Gasteiger partial charge in [0.15, 0.2) is 34.5 Å². The van der Waals surface area contributed by atoms with Crippen LogP contribution in [0.4, 0.5) is 0 Å². The number of para-hydroxylation sites is 2. The predicted octanol–water partition coefficient (Wildman–Crippen LogP) is 3.59. The van der Waals surface area contributed by atoms with Gasteiger partial charge in [-0.15, -0.1) is 0 Å². The van der Waals surface area contributed by atoms with Gasteiger partial charge >= 0.3 is 0 Å². The van der Waals surface area contributed by atoms with Gasteiger partial charge in [0, 0.05) is 12.6 Å². The van der Waals surface area contributed by atoms with Gasteiger partial charge in [-0.3, -0.25) is 9.59 Å². The molecule has 3 atom stereocenters. The predicted molar refractivity (Wildman–Crippen MR) is 146 cm³/mol. The van der Waals surface area contributed by atoms with Crippen molar-refractivity contribution in [2.75, 3.05) is 48.6 Å². The number of ether oxygens (including phenoxy) is 6. The van der Waals surface area contributed by atoms with Crippen LogP contribution >= 0.6 is 0 Å². The Labute approximate surface area is 232 Å². The molecule has 0 aliphatic carbocycles. The van der Waals surface area contributed by atoms with E-state index in [1.54, 1.807) is 50.4 Å². The molecule has 3 aromatic rings. The van der Waals surface area contributed by atoms with Crippen molar-refractivity contribution in [2.45, 2.75) is 18.1 Å². The van der Waals surface area contributed by atoms with Crippen LogP contribution in [0.5, 0.6) is 34.5 Å². The number of nitrogens with zero attached hydrogens (tertiary/aromatic N) is 1. The summed E-state index contributed by atoms with van der Waals surface area (Å²) in [6.07, 6.45) is -0.383. The molecule has 1 N–H and O–H groups in total. The fourth-order valence-corrected chi connectivity index (χ4v) is 5.27. The molecule has 2 aliphatic rings. The lowest BCUT2D eigenvalue weighted by Crippen LogP contribution is -2.48. The molecule has 5 rings (SSSR count). The van der Waals surface area contributed by atoms with Crippen LogP contribution < -0.4 is 33.7 Å². The van der Waals surface area contributed by atoms with Crippen LogP contribution in [0, 0.1) is 0 Å². The maximum absolute atomic E-state index is 14.0. The van der Waals surface area contributed by atoms with Gasteiger partial charge in [-0.1, -0.05) is 18.2 Å². The largest absolute Gasteiger partial charge is 0.493 e. The lowest BCUT2D eigenvalue weighted by molar-refractivity contribution is -0.124. The highest BCUT2D eigenvalue weighted by Gasteiger charge is 2.44. The zero-order valence-electron chi connectivity index (χ0n) is 23.1. The van der Waals surface area contributed by atoms with Crippen molar-refractivity contribution in [2.24, 2.45) is 0 Å². The lowest BCUT2D eigenvalue weighted by atomic mass is 9.79. The van der Waals surface area contributed by atoms with Crippen LogP contribution in [-0.2, 0) is 4.79 Å². The second-order valence-corrected chi connectivity index (χ2v) is 9.49. The van der Waals surface area contributed by atoms with E-state index in [0.29, 0.717) is 57.8 Å². The second kappa shape index (κ2) is 11.3. The molecule has 2 aliphatic heterocycles. The molecule has 2 amide bonds. The molecule has 10 nitrogen and oxygen atoms in total. The van der Waals surface area contributed by atoms with Gasteiger partial charge in [0.2, 0.25) is 5.91 Å². The fourth-order valence-electron chi connectivity index (χ4n) is 5.27. The first kappa shape index (κ1) is 27.0. The number of nitrogens with one attached hydrogen (secondary N) is 1. The van der Waals surface area contributed by atoms with Crippen molar-refractivity contribution in [3.63, 3.8) is 0 Å². The highest BCUT2D eigenvalue weighted by molar-refractivity contribution is 6.02. The molecule has 3 aromatic carbocycles. The normalized spacial score (nSPS) is 19.4. The van der Waals surface area contributed by atoms with E-state index < -0.39 is 12.0 Å². The number of rotatable bonds is 8. The zero-order valence-corrected chi connectivity index (χ0v) is 23.1. The second-order valence-electron chi connectivity index (χ2n) is 9.49. The van der Waals surface area contributed by atoms with Crippen molar-refractivity contribution in [3.8, 4) is 34.5 Å². The van der Waals surface area contributed by atoms with E-state index in [1.165, 1.54) is 14.2 Å². The first-order valence-electron chi connectivity index (χ1n) is 12.8. The summed E-state index contributed by atoms with van der Waals surface area (Å²) in [4.78, 5) is 29.3. The molecule has 0 bridgehead atoms. The number of methoxy groups -OCH3 is 4. The van der Waals surface area contributed by atoms with Crippen LogP contribution in [0.15, 0.2) is 54.6 Å². The van der Waals surface area contributed by atoms with Gasteiger partial charge < -0.3 is 38.6 Å². The van der Waals surface area contributed by atoms with Crippen molar-refractivity contribution >= 4 is 11.8 Å². The number of hydrogen-bond acceptors (Lipinski definition) is 8. The van der Waals surface area contributed by atoms with Crippen molar-refractivity contribution in [1.29, 1.82) is 0 Å². The Hall–Kier alpha value is -4.60. The fraction of sp³-hybridized carbons (Fsp3) is 0.333. The highest BCUT2D eigenvalue weighted by Crippen LogP contribution is 2.47. The average molecular weight is 549 g/mol. The summed E-state index contributed by atoms with van der Waals surface area (Å²) in [6, 6.07) is 15.5. The molecule has 2 heterocycles. The van der Waals surface area contributed by atoms with Crippen LogP contribution in [-0.4, -0.2) is 71.5 Å². The molecule has 0 unspecified atom stereocenters. The number of hydrogen-bond donors (Lipinski definition) is 1.